The monoisotopic (exact) mass is 242 g/mol. The van der Waals surface area contributed by atoms with E-state index < -0.39 is 0 Å². The summed E-state index contributed by atoms with van der Waals surface area (Å²) in [5.41, 5.74) is 2.06. The van der Waals surface area contributed by atoms with Crippen molar-refractivity contribution in [2.75, 3.05) is 5.33 Å². The number of aryl methyl sites for hydroxylation is 1. The summed E-state index contributed by atoms with van der Waals surface area (Å²) >= 11 is 3.34. The molecule has 0 aliphatic heterocycles. The Morgan fingerprint density at radius 3 is 2.85 bits per heavy atom. The SMILES string of the molecule is Cc1cc(F)ccc1/C=C/CCBr. The van der Waals surface area contributed by atoms with E-state index in [2.05, 4.69) is 22.0 Å². The first-order chi connectivity index (χ1) is 6.24. The van der Waals surface area contributed by atoms with Crippen LogP contribution in [0.25, 0.3) is 6.08 Å². The van der Waals surface area contributed by atoms with Gasteiger partial charge in [0.15, 0.2) is 0 Å². The molecule has 1 aromatic carbocycles. The highest BCUT2D eigenvalue weighted by molar-refractivity contribution is 9.09. The number of hydrogen-bond donors (Lipinski definition) is 0. The van der Waals surface area contributed by atoms with Crippen LogP contribution in [-0.2, 0) is 0 Å². The Balaban J connectivity index is 2.77. The van der Waals surface area contributed by atoms with Crippen molar-refractivity contribution in [3.8, 4) is 0 Å². The highest BCUT2D eigenvalue weighted by Crippen LogP contribution is 2.12. The number of benzene rings is 1. The van der Waals surface area contributed by atoms with E-state index in [9.17, 15) is 4.39 Å². The van der Waals surface area contributed by atoms with E-state index >= 15 is 0 Å². The summed E-state index contributed by atoms with van der Waals surface area (Å²) < 4.78 is 12.7. The van der Waals surface area contributed by atoms with Crippen molar-refractivity contribution in [1.82, 2.24) is 0 Å². The van der Waals surface area contributed by atoms with E-state index in [1.807, 2.05) is 13.0 Å². The Bertz CT molecular complexity index is 305. The summed E-state index contributed by atoms with van der Waals surface area (Å²) in [6, 6.07) is 4.84. The molecule has 0 spiro atoms. The van der Waals surface area contributed by atoms with E-state index in [-0.39, 0.29) is 5.82 Å². The topological polar surface area (TPSA) is 0 Å². The zero-order chi connectivity index (χ0) is 9.68. The molecule has 0 amide bonds. The van der Waals surface area contributed by atoms with Crippen LogP contribution in [0.3, 0.4) is 0 Å². The molecule has 0 fully saturated rings. The molecule has 0 nitrogen and oxygen atoms in total. The Morgan fingerprint density at radius 2 is 2.23 bits per heavy atom. The van der Waals surface area contributed by atoms with E-state index in [1.165, 1.54) is 6.07 Å². The van der Waals surface area contributed by atoms with Crippen molar-refractivity contribution in [3.05, 3.63) is 41.2 Å². The fraction of sp³-hybridized carbons (Fsp3) is 0.273. The number of hydrogen-bond acceptors (Lipinski definition) is 0. The predicted octanol–water partition coefficient (Wildman–Crippen LogP) is 3.93. The van der Waals surface area contributed by atoms with Crippen LogP contribution in [0.2, 0.25) is 0 Å². The number of alkyl halides is 1. The van der Waals surface area contributed by atoms with Gasteiger partial charge in [0.2, 0.25) is 0 Å². The molecule has 70 valence electrons. The van der Waals surface area contributed by atoms with Crippen LogP contribution < -0.4 is 0 Å². The van der Waals surface area contributed by atoms with Crippen LogP contribution in [-0.4, -0.2) is 5.33 Å². The summed E-state index contributed by atoms with van der Waals surface area (Å²) in [6.45, 7) is 1.91. The van der Waals surface area contributed by atoms with Gasteiger partial charge in [-0.2, -0.15) is 0 Å². The number of halogens is 2. The summed E-state index contributed by atoms with van der Waals surface area (Å²) in [5, 5.41) is 0.962. The normalized spacial score (nSPS) is 11.0. The maximum atomic E-state index is 12.7. The van der Waals surface area contributed by atoms with Crippen molar-refractivity contribution in [2.24, 2.45) is 0 Å². The number of allylic oxidation sites excluding steroid dienone is 1. The van der Waals surface area contributed by atoms with Gasteiger partial charge >= 0.3 is 0 Å². The van der Waals surface area contributed by atoms with Gasteiger partial charge in [-0.1, -0.05) is 34.1 Å². The third-order valence-electron chi connectivity index (χ3n) is 1.81. The van der Waals surface area contributed by atoms with Crippen molar-refractivity contribution in [2.45, 2.75) is 13.3 Å². The lowest BCUT2D eigenvalue weighted by molar-refractivity contribution is 0.626. The van der Waals surface area contributed by atoms with Crippen LogP contribution >= 0.6 is 15.9 Å². The van der Waals surface area contributed by atoms with Crippen LogP contribution in [0.4, 0.5) is 4.39 Å². The second kappa shape index (κ2) is 5.18. The first kappa shape index (κ1) is 10.5. The average Bonchev–Trinajstić information content (AvgIpc) is 2.09. The molecule has 0 bridgehead atoms. The summed E-state index contributed by atoms with van der Waals surface area (Å²) in [6.07, 6.45) is 5.10. The highest BCUT2D eigenvalue weighted by atomic mass is 79.9. The summed E-state index contributed by atoms with van der Waals surface area (Å²) in [4.78, 5) is 0. The zero-order valence-corrected chi connectivity index (χ0v) is 9.14. The maximum absolute atomic E-state index is 12.7. The zero-order valence-electron chi connectivity index (χ0n) is 7.56. The molecule has 0 saturated heterocycles. The van der Waals surface area contributed by atoms with Crippen LogP contribution in [0.1, 0.15) is 17.5 Å². The van der Waals surface area contributed by atoms with Gasteiger partial charge in [-0.3, -0.25) is 0 Å². The maximum Gasteiger partial charge on any atom is 0.123 e. The first-order valence-electron chi connectivity index (χ1n) is 4.22. The molecule has 0 aromatic heterocycles. The molecule has 2 heteroatoms. The van der Waals surface area contributed by atoms with Gasteiger partial charge in [0.25, 0.3) is 0 Å². The van der Waals surface area contributed by atoms with Crippen LogP contribution in [0.15, 0.2) is 24.3 Å². The van der Waals surface area contributed by atoms with Gasteiger partial charge in [0, 0.05) is 5.33 Å². The minimum atomic E-state index is -0.171. The van der Waals surface area contributed by atoms with Crippen molar-refractivity contribution >= 4 is 22.0 Å². The Labute approximate surface area is 86.6 Å². The fourth-order valence-corrected chi connectivity index (χ4v) is 1.36. The minimum Gasteiger partial charge on any atom is -0.207 e. The Hall–Kier alpha value is -0.630. The van der Waals surface area contributed by atoms with Gasteiger partial charge in [-0.05, 0) is 36.6 Å². The van der Waals surface area contributed by atoms with E-state index in [1.54, 1.807) is 12.1 Å². The van der Waals surface area contributed by atoms with Gasteiger partial charge in [0.1, 0.15) is 5.82 Å². The second-order valence-electron chi connectivity index (χ2n) is 2.88. The molecule has 0 heterocycles. The van der Waals surface area contributed by atoms with Gasteiger partial charge < -0.3 is 0 Å². The molecular formula is C11H12BrF. The molecule has 0 atom stereocenters. The summed E-state index contributed by atoms with van der Waals surface area (Å²) in [5.74, 6) is -0.171. The van der Waals surface area contributed by atoms with Crippen molar-refractivity contribution in [1.29, 1.82) is 0 Å². The molecule has 0 unspecified atom stereocenters. The van der Waals surface area contributed by atoms with E-state index in [4.69, 9.17) is 0 Å². The standard InChI is InChI=1S/C11H12BrF/c1-9-8-11(13)6-5-10(9)4-2-3-7-12/h2,4-6,8H,3,7H2,1H3/b4-2+. The average molecular weight is 243 g/mol. The molecule has 0 N–H and O–H groups in total. The molecule has 0 aliphatic rings. The molecule has 13 heavy (non-hydrogen) atoms. The van der Waals surface area contributed by atoms with Crippen molar-refractivity contribution in [3.63, 3.8) is 0 Å². The van der Waals surface area contributed by atoms with Crippen LogP contribution in [0.5, 0.6) is 0 Å². The molecule has 0 aliphatic carbocycles. The smallest absolute Gasteiger partial charge is 0.123 e. The third-order valence-corrected chi connectivity index (χ3v) is 2.26. The highest BCUT2D eigenvalue weighted by Gasteiger charge is 1.95. The molecule has 0 saturated carbocycles. The second-order valence-corrected chi connectivity index (χ2v) is 3.67. The third kappa shape index (κ3) is 3.31. The lowest BCUT2D eigenvalue weighted by Gasteiger charge is -1.99. The summed E-state index contributed by atoms with van der Waals surface area (Å²) in [7, 11) is 0. The van der Waals surface area contributed by atoms with E-state index in [0.717, 1.165) is 22.9 Å². The Morgan fingerprint density at radius 1 is 1.46 bits per heavy atom. The predicted molar refractivity (Wildman–Crippen MR) is 58.6 cm³/mol. The molecule has 1 aromatic rings. The first-order valence-corrected chi connectivity index (χ1v) is 5.35. The quantitative estimate of drug-likeness (QED) is 0.705. The fourth-order valence-electron chi connectivity index (χ4n) is 1.10. The van der Waals surface area contributed by atoms with Gasteiger partial charge in [-0.25, -0.2) is 4.39 Å². The van der Waals surface area contributed by atoms with Gasteiger partial charge in [0.05, 0.1) is 0 Å². The molecule has 0 radical (unpaired) electrons. The molecule has 1 rings (SSSR count). The molecular weight excluding hydrogens is 231 g/mol. The van der Waals surface area contributed by atoms with Gasteiger partial charge in [-0.15, -0.1) is 0 Å². The Kier molecular flexibility index (Phi) is 4.16. The van der Waals surface area contributed by atoms with E-state index in [0.29, 0.717) is 0 Å². The van der Waals surface area contributed by atoms with Crippen molar-refractivity contribution < 1.29 is 4.39 Å². The largest absolute Gasteiger partial charge is 0.207 e. The lowest BCUT2D eigenvalue weighted by atomic mass is 10.1. The number of rotatable bonds is 3. The minimum absolute atomic E-state index is 0.171. The van der Waals surface area contributed by atoms with Crippen LogP contribution in [0, 0.1) is 12.7 Å². The lowest BCUT2D eigenvalue weighted by Crippen LogP contribution is -1.82.